The maximum atomic E-state index is 12.3. The molecule has 1 heterocycles. The highest BCUT2D eigenvalue weighted by molar-refractivity contribution is 7.97. The lowest BCUT2D eigenvalue weighted by Gasteiger charge is -2.31. The quantitative estimate of drug-likeness (QED) is 0.352. The van der Waals surface area contributed by atoms with E-state index < -0.39 is 0 Å². The van der Waals surface area contributed by atoms with Crippen LogP contribution in [0.5, 0.6) is 0 Å². The minimum Gasteiger partial charge on any atom is -0.465 e. The second-order valence-corrected chi connectivity index (χ2v) is 10.3. The Hall–Kier alpha value is -1.67. The number of ether oxygens (including phenoxy) is 1. The van der Waals surface area contributed by atoms with E-state index in [2.05, 4.69) is 62.0 Å². The average molecular weight is 460 g/mol. The highest BCUT2D eigenvalue weighted by Crippen LogP contribution is 2.31. The zero-order valence-corrected chi connectivity index (χ0v) is 20.4. The molecule has 0 unspecified atom stereocenters. The number of hydrogen-bond donors (Lipinski definition) is 0. The molecule has 31 heavy (non-hydrogen) atoms. The molecule has 0 amide bonds. The number of piperidine rings is 1. The molecule has 2 aromatic carbocycles. The Bertz CT molecular complexity index is 824. The molecule has 0 atom stereocenters. The predicted molar refractivity (Wildman–Crippen MR) is 131 cm³/mol. The van der Waals surface area contributed by atoms with E-state index in [0.29, 0.717) is 13.2 Å². The summed E-state index contributed by atoms with van der Waals surface area (Å²) in [5.41, 5.74) is 2.54. The topological polar surface area (TPSA) is 36.0 Å². The van der Waals surface area contributed by atoms with E-state index in [0.717, 1.165) is 18.0 Å². The van der Waals surface area contributed by atoms with Crippen LogP contribution in [0.1, 0.15) is 31.7 Å². The first kappa shape index (κ1) is 24.0. The fourth-order valence-electron chi connectivity index (χ4n) is 3.67. The van der Waals surface area contributed by atoms with Crippen LogP contribution in [-0.2, 0) is 16.1 Å². The fourth-order valence-corrected chi connectivity index (χ4v) is 5.28. The van der Waals surface area contributed by atoms with Crippen molar-refractivity contribution in [3.8, 4) is 0 Å². The van der Waals surface area contributed by atoms with Crippen LogP contribution in [0.2, 0.25) is 0 Å². The third-order valence-corrected chi connectivity index (χ3v) is 6.84. The van der Waals surface area contributed by atoms with Gasteiger partial charge in [0.1, 0.15) is 6.54 Å². The monoisotopic (exact) mass is 459 g/mol. The Labute approximate surface area is 195 Å². The molecule has 168 valence electrons. The van der Waals surface area contributed by atoms with Crippen molar-refractivity contribution < 1.29 is 9.53 Å². The zero-order valence-electron chi connectivity index (χ0n) is 18.8. The van der Waals surface area contributed by atoms with Crippen molar-refractivity contribution in [2.45, 2.75) is 42.5 Å². The summed E-state index contributed by atoms with van der Waals surface area (Å²) in [6, 6.07) is 17.1. The van der Waals surface area contributed by atoms with Crippen molar-refractivity contribution in [2.24, 2.45) is 0 Å². The number of anilines is 1. The van der Waals surface area contributed by atoms with Gasteiger partial charge in [-0.2, -0.15) is 0 Å². The molecule has 1 aliphatic rings. The summed E-state index contributed by atoms with van der Waals surface area (Å²) in [6.07, 6.45) is 3.80. The second kappa shape index (κ2) is 12.4. The Morgan fingerprint density at radius 3 is 2.26 bits per heavy atom. The van der Waals surface area contributed by atoms with Gasteiger partial charge in [-0.3, -0.25) is 9.10 Å². The number of rotatable bonds is 10. The Balaban J connectivity index is 1.75. The summed E-state index contributed by atoms with van der Waals surface area (Å²) in [7, 11) is 4.07. The summed E-state index contributed by atoms with van der Waals surface area (Å²) in [5, 5.41) is 0. The summed E-state index contributed by atoms with van der Waals surface area (Å²) >= 11 is 3.31. The summed E-state index contributed by atoms with van der Waals surface area (Å²) in [6.45, 7) is 5.39. The molecule has 2 aromatic rings. The van der Waals surface area contributed by atoms with Crippen molar-refractivity contribution >= 4 is 35.6 Å². The van der Waals surface area contributed by atoms with Gasteiger partial charge in [0.05, 0.1) is 6.61 Å². The van der Waals surface area contributed by atoms with Gasteiger partial charge in [-0.25, -0.2) is 4.31 Å². The third-order valence-electron chi connectivity index (χ3n) is 4.99. The summed E-state index contributed by atoms with van der Waals surface area (Å²) in [5.74, 6) is -0.190. The van der Waals surface area contributed by atoms with E-state index in [9.17, 15) is 4.79 Å². The van der Waals surface area contributed by atoms with Gasteiger partial charge in [0.15, 0.2) is 0 Å². The summed E-state index contributed by atoms with van der Waals surface area (Å²) in [4.78, 5) is 17.1. The van der Waals surface area contributed by atoms with E-state index in [-0.39, 0.29) is 12.5 Å². The van der Waals surface area contributed by atoms with Gasteiger partial charge in [-0.05, 0) is 100 Å². The lowest BCUT2D eigenvalue weighted by molar-refractivity contribution is -0.143. The largest absolute Gasteiger partial charge is 0.465 e. The first-order valence-electron chi connectivity index (χ1n) is 10.9. The predicted octanol–water partition coefficient (Wildman–Crippen LogP) is 5.32. The molecule has 0 saturated carbocycles. The van der Waals surface area contributed by atoms with E-state index >= 15 is 0 Å². The molecule has 0 aliphatic carbocycles. The molecule has 0 bridgehead atoms. The minimum atomic E-state index is -0.190. The van der Waals surface area contributed by atoms with Crippen molar-refractivity contribution in [2.75, 3.05) is 45.2 Å². The van der Waals surface area contributed by atoms with Crippen LogP contribution in [0.25, 0.3) is 0 Å². The molecular formula is C24H33N3O2S2. The Kier molecular flexibility index (Phi) is 9.58. The van der Waals surface area contributed by atoms with Gasteiger partial charge in [0.25, 0.3) is 0 Å². The molecule has 0 aromatic heterocycles. The molecule has 1 aliphatic heterocycles. The molecule has 3 rings (SSSR count). The standard InChI is InChI=1S/C24H33N3O2S2/c1-4-29-24(28)19-27(31-22-14-12-21(13-15-22)30-25(2)3)18-20-10-6-7-11-23(20)26-16-8-5-9-17-26/h6-7,10-15H,4-5,8-9,16-19H2,1-3H3. The van der Waals surface area contributed by atoms with Gasteiger partial charge >= 0.3 is 5.97 Å². The second-order valence-electron chi connectivity index (χ2n) is 7.75. The van der Waals surface area contributed by atoms with E-state index in [1.165, 1.54) is 35.4 Å². The van der Waals surface area contributed by atoms with Crippen LogP contribution < -0.4 is 4.90 Å². The van der Waals surface area contributed by atoms with Gasteiger partial charge < -0.3 is 9.64 Å². The van der Waals surface area contributed by atoms with Crippen molar-refractivity contribution in [3.05, 3.63) is 54.1 Å². The third kappa shape index (κ3) is 7.75. The molecule has 1 saturated heterocycles. The SMILES string of the molecule is CCOC(=O)CN(Cc1ccccc1N1CCCCC1)Sc1ccc(SN(C)C)cc1. The number of hydrogen-bond acceptors (Lipinski definition) is 7. The van der Waals surface area contributed by atoms with Gasteiger partial charge in [-0.1, -0.05) is 18.2 Å². The van der Waals surface area contributed by atoms with Crippen LogP contribution in [0.3, 0.4) is 0 Å². The first-order valence-corrected chi connectivity index (χ1v) is 12.5. The molecule has 1 fully saturated rings. The molecule has 5 nitrogen and oxygen atoms in total. The van der Waals surface area contributed by atoms with Gasteiger partial charge in [0, 0.05) is 35.1 Å². The fraction of sp³-hybridized carbons (Fsp3) is 0.458. The minimum absolute atomic E-state index is 0.190. The number of benzene rings is 2. The maximum Gasteiger partial charge on any atom is 0.321 e. The molecule has 0 radical (unpaired) electrons. The highest BCUT2D eigenvalue weighted by Gasteiger charge is 2.19. The normalized spacial score (nSPS) is 14.3. The smallest absolute Gasteiger partial charge is 0.321 e. The van der Waals surface area contributed by atoms with Crippen LogP contribution in [0.15, 0.2) is 58.3 Å². The lowest BCUT2D eigenvalue weighted by Crippen LogP contribution is -2.31. The van der Waals surface area contributed by atoms with E-state index in [4.69, 9.17) is 4.74 Å². The summed E-state index contributed by atoms with van der Waals surface area (Å²) < 4.78 is 9.43. The molecule has 0 spiro atoms. The van der Waals surface area contributed by atoms with Gasteiger partial charge in [0.2, 0.25) is 0 Å². The van der Waals surface area contributed by atoms with Crippen LogP contribution in [0, 0.1) is 0 Å². The van der Waals surface area contributed by atoms with Crippen molar-refractivity contribution in [3.63, 3.8) is 0 Å². The highest BCUT2D eigenvalue weighted by atomic mass is 32.2. The van der Waals surface area contributed by atoms with Gasteiger partial charge in [-0.15, -0.1) is 0 Å². The zero-order chi connectivity index (χ0) is 22.1. The number of carbonyl (C=O) groups is 1. The Morgan fingerprint density at radius 2 is 1.61 bits per heavy atom. The molecule has 7 heteroatoms. The molecular weight excluding hydrogens is 426 g/mol. The van der Waals surface area contributed by atoms with E-state index in [1.807, 2.05) is 21.0 Å². The number of nitrogens with zero attached hydrogens (tertiary/aromatic N) is 3. The first-order chi connectivity index (χ1) is 15.0. The van der Waals surface area contributed by atoms with Crippen LogP contribution in [-0.4, -0.2) is 54.9 Å². The van der Waals surface area contributed by atoms with Crippen LogP contribution >= 0.6 is 23.9 Å². The lowest BCUT2D eigenvalue weighted by atomic mass is 10.1. The van der Waals surface area contributed by atoms with Crippen molar-refractivity contribution in [1.29, 1.82) is 0 Å². The maximum absolute atomic E-state index is 12.3. The molecule has 0 N–H and O–H groups in total. The number of para-hydroxylation sites is 1. The van der Waals surface area contributed by atoms with Crippen molar-refractivity contribution in [1.82, 2.24) is 8.61 Å². The van der Waals surface area contributed by atoms with Crippen LogP contribution in [0.4, 0.5) is 5.69 Å². The van der Waals surface area contributed by atoms with E-state index in [1.54, 1.807) is 23.9 Å². The Morgan fingerprint density at radius 1 is 0.968 bits per heavy atom. The average Bonchev–Trinajstić information content (AvgIpc) is 2.76. The number of esters is 1. The number of carbonyl (C=O) groups excluding carboxylic acids is 1.